The van der Waals surface area contributed by atoms with Gasteiger partial charge in [-0.3, -0.25) is 4.79 Å². The monoisotopic (exact) mass is 351 g/mol. The first-order valence-electron chi connectivity index (χ1n) is 8.94. The number of para-hydroxylation sites is 2. The number of rotatable bonds is 5. The van der Waals surface area contributed by atoms with Gasteiger partial charge in [0, 0.05) is 44.4 Å². The number of benzene rings is 1. The van der Waals surface area contributed by atoms with Gasteiger partial charge in [0.2, 0.25) is 11.9 Å². The molecular formula is C19H21N5O2. The Balaban J connectivity index is 1.27. The third-order valence-electron chi connectivity index (χ3n) is 4.70. The molecule has 0 aliphatic carbocycles. The molecule has 0 atom stereocenters. The standard InChI is InChI=1S/C19H21N5O2/c25-17(6-11-22-19-20-9-3-10-21-19)24-12-7-14(8-13-24)18-23-15-4-1-2-5-16(15)26-18/h1-5,9-10,14H,6-8,11-13H2,(H,20,21,22). The fourth-order valence-corrected chi connectivity index (χ4v) is 3.27. The lowest BCUT2D eigenvalue weighted by Gasteiger charge is -2.30. The smallest absolute Gasteiger partial charge is 0.224 e. The molecule has 3 aromatic rings. The topological polar surface area (TPSA) is 84.2 Å². The summed E-state index contributed by atoms with van der Waals surface area (Å²) in [6.07, 6.45) is 5.55. The van der Waals surface area contributed by atoms with Crippen LogP contribution >= 0.6 is 0 Å². The van der Waals surface area contributed by atoms with Crippen LogP contribution < -0.4 is 5.32 Å². The molecular weight excluding hydrogens is 330 g/mol. The van der Waals surface area contributed by atoms with Gasteiger partial charge in [-0.25, -0.2) is 15.0 Å². The van der Waals surface area contributed by atoms with Gasteiger partial charge in [-0.1, -0.05) is 12.1 Å². The van der Waals surface area contributed by atoms with Crippen molar-refractivity contribution >= 4 is 23.0 Å². The molecule has 3 heterocycles. The van der Waals surface area contributed by atoms with Gasteiger partial charge < -0.3 is 14.6 Å². The molecule has 1 saturated heterocycles. The lowest BCUT2D eigenvalue weighted by molar-refractivity contribution is -0.132. The Bertz CT molecular complexity index is 839. The molecule has 0 spiro atoms. The molecule has 0 unspecified atom stereocenters. The molecule has 2 aromatic heterocycles. The molecule has 26 heavy (non-hydrogen) atoms. The van der Waals surface area contributed by atoms with E-state index in [0.29, 0.717) is 18.9 Å². The number of anilines is 1. The summed E-state index contributed by atoms with van der Waals surface area (Å²) >= 11 is 0. The van der Waals surface area contributed by atoms with E-state index < -0.39 is 0 Å². The highest BCUT2D eigenvalue weighted by Gasteiger charge is 2.26. The quantitative estimate of drug-likeness (QED) is 0.761. The van der Waals surface area contributed by atoms with Crippen molar-refractivity contribution in [3.8, 4) is 0 Å². The minimum atomic E-state index is 0.157. The molecule has 1 amide bonds. The Morgan fingerprint density at radius 3 is 2.69 bits per heavy atom. The van der Waals surface area contributed by atoms with Gasteiger partial charge in [-0.05, 0) is 31.0 Å². The van der Waals surface area contributed by atoms with E-state index in [9.17, 15) is 4.79 Å². The Hall–Kier alpha value is -2.96. The van der Waals surface area contributed by atoms with Gasteiger partial charge in [-0.15, -0.1) is 0 Å². The van der Waals surface area contributed by atoms with E-state index in [-0.39, 0.29) is 11.8 Å². The number of carbonyl (C=O) groups excluding carboxylic acids is 1. The van der Waals surface area contributed by atoms with E-state index in [0.717, 1.165) is 42.9 Å². The number of aromatic nitrogens is 3. The zero-order valence-electron chi connectivity index (χ0n) is 14.5. The van der Waals surface area contributed by atoms with E-state index in [2.05, 4.69) is 20.3 Å². The van der Waals surface area contributed by atoms with Crippen molar-refractivity contribution in [2.24, 2.45) is 0 Å². The van der Waals surface area contributed by atoms with E-state index >= 15 is 0 Å². The zero-order chi connectivity index (χ0) is 17.8. The average molecular weight is 351 g/mol. The second-order valence-corrected chi connectivity index (χ2v) is 6.42. The highest BCUT2D eigenvalue weighted by molar-refractivity contribution is 5.76. The molecule has 7 heteroatoms. The summed E-state index contributed by atoms with van der Waals surface area (Å²) in [6, 6.07) is 9.58. The molecule has 1 aliphatic heterocycles. The lowest BCUT2D eigenvalue weighted by Crippen LogP contribution is -2.38. The van der Waals surface area contributed by atoms with Gasteiger partial charge in [0.1, 0.15) is 5.52 Å². The van der Waals surface area contributed by atoms with Crippen LogP contribution in [0.5, 0.6) is 0 Å². The minimum Gasteiger partial charge on any atom is -0.440 e. The van der Waals surface area contributed by atoms with Crippen molar-refractivity contribution in [2.75, 3.05) is 25.0 Å². The predicted molar refractivity (Wildman–Crippen MR) is 97.7 cm³/mol. The van der Waals surface area contributed by atoms with Crippen LogP contribution in [0.1, 0.15) is 31.1 Å². The number of hydrogen-bond acceptors (Lipinski definition) is 6. The summed E-state index contributed by atoms with van der Waals surface area (Å²) in [5.41, 5.74) is 1.73. The summed E-state index contributed by atoms with van der Waals surface area (Å²) in [5, 5.41) is 3.07. The maximum atomic E-state index is 12.4. The second-order valence-electron chi connectivity index (χ2n) is 6.42. The number of carbonyl (C=O) groups is 1. The largest absolute Gasteiger partial charge is 0.440 e. The predicted octanol–water partition coefficient (Wildman–Crippen LogP) is 2.83. The van der Waals surface area contributed by atoms with Gasteiger partial charge in [0.15, 0.2) is 11.5 Å². The molecule has 0 bridgehead atoms. The minimum absolute atomic E-state index is 0.157. The summed E-state index contributed by atoms with van der Waals surface area (Å²) in [6.45, 7) is 2.02. The van der Waals surface area contributed by atoms with Crippen LogP contribution in [0, 0.1) is 0 Å². The van der Waals surface area contributed by atoms with Crippen LogP contribution in [0.4, 0.5) is 5.95 Å². The number of fused-ring (bicyclic) bond motifs is 1. The van der Waals surface area contributed by atoms with Crippen molar-refractivity contribution in [2.45, 2.75) is 25.2 Å². The highest BCUT2D eigenvalue weighted by Crippen LogP contribution is 2.30. The number of amides is 1. The van der Waals surface area contributed by atoms with Crippen molar-refractivity contribution in [1.82, 2.24) is 19.9 Å². The van der Waals surface area contributed by atoms with Gasteiger partial charge in [0.25, 0.3) is 0 Å². The number of nitrogens with zero attached hydrogens (tertiary/aromatic N) is 4. The molecule has 1 aliphatic rings. The number of hydrogen-bond donors (Lipinski definition) is 1. The molecule has 134 valence electrons. The van der Waals surface area contributed by atoms with Crippen LogP contribution in [0.15, 0.2) is 47.1 Å². The lowest BCUT2D eigenvalue weighted by atomic mass is 9.96. The fourth-order valence-electron chi connectivity index (χ4n) is 3.27. The van der Waals surface area contributed by atoms with Crippen molar-refractivity contribution in [3.63, 3.8) is 0 Å². The third-order valence-corrected chi connectivity index (χ3v) is 4.70. The van der Waals surface area contributed by atoms with Crippen LogP contribution in [0.2, 0.25) is 0 Å². The maximum absolute atomic E-state index is 12.4. The van der Waals surface area contributed by atoms with Crippen LogP contribution in [-0.2, 0) is 4.79 Å². The van der Waals surface area contributed by atoms with Crippen molar-refractivity contribution < 1.29 is 9.21 Å². The molecule has 7 nitrogen and oxygen atoms in total. The van der Waals surface area contributed by atoms with Crippen LogP contribution in [0.3, 0.4) is 0 Å². The Morgan fingerprint density at radius 2 is 1.92 bits per heavy atom. The Morgan fingerprint density at radius 1 is 1.15 bits per heavy atom. The summed E-state index contributed by atoms with van der Waals surface area (Å²) in [4.78, 5) is 27.1. The van der Waals surface area contributed by atoms with E-state index in [1.54, 1.807) is 18.5 Å². The van der Waals surface area contributed by atoms with E-state index in [1.165, 1.54) is 0 Å². The number of piperidine rings is 1. The van der Waals surface area contributed by atoms with Gasteiger partial charge in [-0.2, -0.15) is 0 Å². The van der Waals surface area contributed by atoms with Gasteiger partial charge in [0.05, 0.1) is 0 Å². The van der Waals surface area contributed by atoms with Gasteiger partial charge >= 0.3 is 0 Å². The van der Waals surface area contributed by atoms with Crippen molar-refractivity contribution in [1.29, 1.82) is 0 Å². The Kier molecular flexibility index (Phi) is 4.77. The molecule has 4 rings (SSSR count). The Labute approximate surface area is 151 Å². The van der Waals surface area contributed by atoms with E-state index in [4.69, 9.17) is 4.42 Å². The second kappa shape index (κ2) is 7.51. The van der Waals surface area contributed by atoms with E-state index in [1.807, 2.05) is 29.2 Å². The summed E-state index contributed by atoms with van der Waals surface area (Å²) < 4.78 is 5.88. The molecule has 1 N–H and O–H groups in total. The SMILES string of the molecule is O=C(CCNc1ncccn1)N1CCC(c2nc3ccccc3o2)CC1. The first-order valence-corrected chi connectivity index (χ1v) is 8.94. The third kappa shape index (κ3) is 3.66. The normalized spacial score (nSPS) is 15.3. The zero-order valence-corrected chi connectivity index (χ0v) is 14.5. The number of likely N-dealkylation sites (tertiary alicyclic amines) is 1. The van der Waals surface area contributed by atoms with Crippen molar-refractivity contribution in [3.05, 3.63) is 48.6 Å². The summed E-state index contributed by atoms with van der Waals surface area (Å²) in [5.74, 6) is 1.78. The first kappa shape index (κ1) is 16.5. The summed E-state index contributed by atoms with van der Waals surface area (Å²) in [7, 11) is 0. The average Bonchev–Trinajstić information content (AvgIpc) is 3.13. The number of nitrogens with one attached hydrogen (secondary N) is 1. The molecule has 1 fully saturated rings. The molecule has 0 saturated carbocycles. The molecule has 0 radical (unpaired) electrons. The fraction of sp³-hybridized carbons (Fsp3) is 0.368. The molecule has 1 aromatic carbocycles. The maximum Gasteiger partial charge on any atom is 0.224 e. The number of oxazole rings is 1. The first-order chi connectivity index (χ1) is 12.8. The highest BCUT2D eigenvalue weighted by atomic mass is 16.3. The van der Waals surface area contributed by atoms with Crippen LogP contribution in [0.25, 0.3) is 11.1 Å². The van der Waals surface area contributed by atoms with Crippen LogP contribution in [-0.4, -0.2) is 45.4 Å².